The third-order valence-corrected chi connectivity index (χ3v) is 2.53. The van der Waals surface area contributed by atoms with Crippen molar-refractivity contribution >= 4 is 11.6 Å². The molecule has 0 fully saturated rings. The minimum Gasteiger partial charge on any atom is -0.437 e. The van der Waals surface area contributed by atoms with Crippen LogP contribution in [0.5, 0.6) is 11.6 Å². The predicted octanol–water partition coefficient (Wildman–Crippen LogP) is 3.41. The van der Waals surface area contributed by atoms with Gasteiger partial charge in [-0.2, -0.15) is 10.5 Å². The van der Waals surface area contributed by atoms with E-state index >= 15 is 0 Å². The van der Waals surface area contributed by atoms with Crippen LogP contribution in [0.1, 0.15) is 11.3 Å². The molecular formula is C13H5ClFN3O. The first kappa shape index (κ1) is 12.8. The van der Waals surface area contributed by atoms with Gasteiger partial charge in [0.1, 0.15) is 29.3 Å². The van der Waals surface area contributed by atoms with Crippen molar-refractivity contribution < 1.29 is 9.13 Å². The molecule has 1 aromatic carbocycles. The molecule has 0 bridgehead atoms. The Morgan fingerprint density at radius 2 is 1.95 bits per heavy atom. The average molecular weight is 274 g/mol. The van der Waals surface area contributed by atoms with Crippen LogP contribution in [0.15, 0.2) is 30.3 Å². The van der Waals surface area contributed by atoms with Crippen LogP contribution in [0.3, 0.4) is 0 Å². The summed E-state index contributed by atoms with van der Waals surface area (Å²) in [5, 5.41) is 17.8. The lowest BCUT2D eigenvalue weighted by molar-refractivity contribution is 0.455. The first-order valence-electron chi connectivity index (χ1n) is 5.09. The Balaban J connectivity index is 2.40. The topological polar surface area (TPSA) is 69.7 Å². The highest BCUT2D eigenvalue weighted by Crippen LogP contribution is 2.26. The minimum absolute atomic E-state index is 0.00548. The predicted molar refractivity (Wildman–Crippen MR) is 65.2 cm³/mol. The van der Waals surface area contributed by atoms with Crippen LogP contribution in [0.25, 0.3) is 0 Å². The Labute approximate surface area is 113 Å². The maximum atomic E-state index is 13.4. The molecule has 1 heterocycles. The summed E-state index contributed by atoms with van der Waals surface area (Å²) in [7, 11) is 0. The van der Waals surface area contributed by atoms with E-state index < -0.39 is 5.82 Å². The molecule has 0 spiro atoms. The zero-order chi connectivity index (χ0) is 13.8. The van der Waals surface area contributed by atoms with Crippen molar-refractivity contribution in [2.24, 2.45) is 0 Å². The zero-order valence-corrected chi connectivity index (χ0v) is 10.1. The van der Waals surface area contributed by atoms with Crippen molar-refractivity contribution in [1.29, 1.82) is 10.5 Å². The second kappa shape index (κ2) is 5.34. The summed E-state index contributed by atoms with van der Waals surface area (Å²) in [4.78, 5) is 3.84. The first-order chi connectivity index (χ1) is 9.15. The number of rotatable bonds is 2. The lowest BCUT2D eigenvalue weighted by atomic mass is 10.2. The summed E-state index contributed by atoms with van der Waals surface area (Å²) in [6.07, 6.45) is 0. The minimum atomic E-state index is -0.686. The van der Waals surface area contributed by atoms with E-state index in [-0.39, 0.29) is 27.9 Å². The molecule has 0 aliphatic rings. The standard InChI is InChI=1S/C13H5ClFN3O/c14-9-4-5-13(18-11(9)7-17)19-12-3-1-2-10(15)8(12)6-16/h1-5H. The molecule has 19 heavy (non-hydrogen) atoms. The Hall–Kier alpha value is -2.63. The van der Waals surface area contributed by atoms with Crippen LogP contribution in [-0.4, -0.2) is 4.98 Å². The number of hydrogen-bond acceptors (Lipinski definition) is 4. The van der Waals surface area contributed by atoms with Gasteiger partial charge in [-0.25, -0.2) is 9.37 Å². The van der Waals surface area contributed by atoms with Crippen LogP contribution < -0.4 is 4.74 Å². The summed E-state index contributed by atoms with van der Waals surface area (Å²) in [5.74, 6) is -0.598. The van der Waals surface area contributed by atoms with Gasteiger partial charge in [-0.3, -0.25) is 0 Å². The van der Waals surface area contributed by atoms with Crippen molar-refractivity contribution in [3.63, 3.8) is 0 Å². The van der Waals surface area contributed by atoms with E-state index in [4.69, 9.17) is 26.9 Å². The Morgan fingerprint density at radius 3 is 2.63 bits per heavy atom. The Kier molecular flexibility index (Phi) is 3.61. The number of nitriles is 2. The number of nitrogens with zero attached hydrogens (tertiary/aromatic N) is 3. The highest BCUT2D eigenvalue weighted by molar-refractivity contribution is 6.31. The molecule has 0 radical (unpaired) electrons. The first-order valence-corrected chi connectivity index (χ1v) is 5.46. The van der Waals surface area contributed by atoms with Gasteiger partial charge in [0.05, 0.1) is 5.02 Å². The van der Waals surface area contributed by atoms with Crippen LogP contribution >= 0.6 is 11.6 Å². The third kappa shape index (κ3) is 2.62. The number of halogens is 2. The van der Waals surface area contributed by atoms with E-state index in [2.05, 4.69) is 4.98 Å². The normalized spacial score (nSPS) is 9.47. The van der Waals surface area contributed by atoms with Crippen LogP contribution in [0.4, 0.5) is 4.39 Å². The second-order valence-electron chi connectivity index (χ2n) is 3.42. The molecule has 0 atom stereocenters. The van der Waals surface area contributed by atoms with E-state index in [0.29, 0.717) is 0 Å². The van der Waals surface area contributed by atoms with E-state index in [1.54, 1.807) is 12.1 Å². The molecule has 0 saturated heterocycles. The highest BCUT2D eigenvalue weighted by Gasteiger charge is 2.11. The van der Waals surface area contributed by atoms with Gasteiger partial charge in [0.2, 0.25) is 5.88 Å². The smallest absolute Gasteiger partial charge is 0.220 e. The number of hydrogen-bond donors (Lipinski definition) is 0. The number of benzene rings is 1. The second-order valence-corrected chi connectivity index (χ2v) is 3.83. The van der Waals surface area contributed by atoms with Gasteiger partial charge in [0.15, 0.2) is 5.69 Å². The van der Waals surface area contributed by atoms with Gasteiger partial charge in [0, 0.05) is 6.07 Å². The van der Waals surface area contributed by atoms with Crippen molar-refractivity contribution in [3.05, 3.63) is 52.4 Å². The van der Waals surface area contributed by atoms with Crippen molar-refractivity contribution in [2.75, 3.05) is 0 Å². The van der Waals surface area contributed by atoms with Crippen molar-refractivity contribution in [1.82, 2.24) is 4.98 Å². The van der Waals surface area contributed by atoms with E-state index in [0.717, 1.165) is 6.07 Å². The summed E-state index contributed by atoms with van der Waals surface area (Å²) in [6, 6.07) is 10.4. The van der Waals surface area contributed by atoms with Crippen LogP contribution in [-0.2, 0) is 0 Å². The Bertz CT molecular complexity index is 719. The summed E-state index contributed by atoms with van der Waals surface area (Å²) >= 11 is 5.73. The highest BCUT2D eigenvalue weighted by atomic mass is 35.5. The van der Waals surface area contributed by atoms with Crippen molar-refractivity contribution in [3.8, 4) is 23.8 Å². The van der Waals surface area contributed by atoms with E-state index in [9.17, 15) is 4.39 Å². The lowest BCUT2D eigenvalue weighted by Gasteiger charge is -2.07. The lowest BCUT2D eigenvalue weighted by Crippen LogP contribution is -1.95. The van der Waals surface area contributed by atoms with Crippen LogP contribution in [0, 0.1) is 28.5 Å². The van der Waals surface area contributed by atoms with Crippen molar-refractivity contribution in [2.45, 2.75) is 0 Å². The fourth-order valence-corrected chi connectivity index (χ4v) is 1.52. The van der Waals surface area contributed by atoms with Gasteiger partial charge in [-0.1, -0.05) is 17.7 Å². The molecule has 0 aliphatic carbocycles. The number of pyridine rings is 1. The average Bonchev–Trinajstić information content (AvgIpc) is 2.41. The molecule has 0 aliphatic heterocycles. The Morgan fingerprint density at radius 1 is 1.16 bits per heavy atom. The quantitative estimate of drug-likeness (QED) is 0.841. The van der Waals surface area contributed by atoms with Gasteiger partial charge in [0.25, 0.3) is 0 Å². The van der Waals surface area contributed by atoms with E-state index in [1.807, 2.05) is 0 Å². The monoisotopic (exact) mass is 273 g/mol. The van der Waals surface area contributed by atoms with Gasteiger partial charge in [-0.05, 0) is 18.2 Å². The molecule has 0 N–H and O–H groups in total. The fraction of sp³-hybridized carbons (Fsp3) is 0. The fourth-order valence-electron chi connectivity index (χ4n) is 1.37. The van der Waals surface area contributed by atoms with Gasteiger partial charge < -0.3 is 4.74 Å². The maximum absolute atomic E-state index is 13.4. The molecule has 0 unspecified atom stereocenters. The maximum Gasteiger partial charge on any atom is 0.220 e. The molecule has 0 amide bonds. The van der Waals surface area contributed by atoms with Crippen LogP contribution in [0.2, 0.25) is 5.02 Å². The molecule has 1 aromatic heterocycles. The van der Waals surface area contributed by atoms with E-state index in [1.165, 1.54) is 24.3 Å². The number of aromatic nitrogens is 1. The van der Waals surface area contributed by atoms with Gasteiger partial charge >= 0.3 is 0 Å². The molecule has 2 rings (SSSR count). The molecule has 92 valence electrons. The molecule has 2 aromatic rings. The molecule has 0 saturated carbocycles. The van der Waals surface area contributed by atoms with Gasteiger partial charge in [-0.15, -0.1) is 0 Å². The largest absolute Gasteiger partial charge is 0.437 e. The third-order valence-electron chi connectivity index (χ3n) is 2.23. The summed E-state index contributed by atoms with van der Waals surface area (Å²) in [5.41, 5.74) is -0.230. The zero-order valence-electron chi connectivity index (χ0n) is 9.39. The molecule has 4 nitrogen and oxygen atoms in total. The summed E-state index contributed by atoms with van der Waals surface area (Å²) in [6.45, 7) is 0. The number of ether oxygens (including phenoxy) is 1. The molecular weight excluding hydrogens is 269 g/mol. The summed E-state index contributed by atoms with van der Waals surface area (Å²) < 4.78 is 18.7. The molecule has 6 heteroatoms. The SMILES string of the molecule is N#Cc1nc(Oc2cccc(F)c2C#N)ccc1Cl.